The number of hydrogen-bond acceptors (Lipinski definition) is 0. The quantitative estimate of drug-likeness (QED) is 0.562. The monoisotopic (exact) mass is 381 g/mol. The van der Waals surface area contributed by atoms with E-state index in [9.17, 15) is 4.39 Å². The molecule has 3 aromatic rings. The molecule has 0 aliphatic rings. The van der Waals surface area contributed by atoms with Crippen molar-refractivity contribution in [2.24, 2.45) is 0 Å². The maximum atomic E-state index is 13.5. The molecule has 0 atom stereocenters. The van der Waals surface area contributed by atoms with E-state index < -0.39 is 0 Å². The second-order valence-corrected chi connectivity index (χ2v) is 5.98. The fourth-order valence-corrected chi connectivity index (χ4v) is 3.06. The van der Waals surface area contributed by atoms with Crippen LogP contribution < -0.4 is 0 Å². The molecule has 0 saturated heterocycles. The van der Waals surface area contributed by atoms with E-state index in [1.54, 1.807) is 6.07 Å². The molecule has 0 aliphatic carbocycles. The number of benzene rings is 2. The van der Waals surface area contributed by atoms with Gasteiger partial charge in [-0.15, -0.1) is 0 Å². The summed E-state index contributed by atoms with van der Waals surface area (Å²) in [5.41, 5.74) is 2.06. The molecule has 2 aromatic carbocycles. The van der Waals surface area contributed by atoms with Crippen LogP contribution in [0.3, 0.4) is 0 Å². The van der Waals surface area contributed by atoms with Crippen LogP contribution in [0.4, 0.5) is 4.39 Å². The van der Waals surface area contributed by atoms with Crippen molar-refractivity contribution in [2.45, 2.75) is 6.54 Å². The van der Waals surface area contributed by atoms with E-state index in [0.29, 0.717) is 11.0 Å². The van der Waals surface area contributed by atoms with Crippen molar-refractivity contribution in [3.8, 4) is 0 Å². The van der Waals surface area contributed by atoms with Crippen LogP contribution in [0.15, 0.2) is 57.6 Å². The summed E-state index contributed by atoms with van der Waals surface area (Å²) in [4.78, 5) is 0. The molecule has 0 fully saturated rings. The zero-order chi connectivity index (χ0) is 13.4. The Balaban J connectivity index is 2.07. The van der Waals surface area contributed by atoms with Gasteiger partial charge < -0.3 is 4.57 Å². The Morgan fingerprint density at radius 2 is 1.79 bits per heavy atom. The van der Waals surface area contributed by atoms with Crippen molar-refractivity contribution in [2.75, 3.05) is 0 Å². The van der Waals surface area contributed by atoms with Gasteiger partial charge in [-0.25, -0.2) is 4.39 Å². The smallest absolute Gasteiger partial charge is 0.137 e. The molecule has 0 N–H and O–H groups in total. The number of hydrogen-bond donors (Lipinski definition) is 0. The van der Waals surface area contributed by atoms with Gasteiger partial charge in [0.15, 0.2) is 0 Å². The minimum absolute atomic E-state index is 0.227. The molecule has 1 aromatic heterocycles. The predicted octanol–water partition coefficient (Wildman–Crippen LogP) is 5.35. The summed E-state index contributed by atoms with van der Waals surface area (Å²) in [5.74, 6) is -0.227. The fraction of sp³-hybridized carbons (Fsp3) is 0.0667. The van der Waals surface area contributed by atoms with Crippen LogP contribution in [0.2, 0.25) is 0 Å². The molecule has 3 rings (SSSR count). The van der Waals surface area contributed by atoms with Gasteiger partial charge in [0, 0.05) is 28.1 Å². The van der Waals surface area contributed by atoms with Crippen LogP contribution in [-0.4, -0.2) is 4.57 Å². The first-order valence-corrected chi connectivity index (χ1v) is 7.41. The molecule has 0 bridgehead atoms. The normalized spacial score (nSPS) is 11.1. The van der Waals surface area contributed by atoms with Gasteiger partial charge in [0.1, 0.15) is 5.82 Å². The molecule has 0 radical (unpaired) electrons. The van der Waals surface area contributed by atoms with E-state index in [1.807, 2.05) is 24.4 Å². The van der Waals surface area contributed by atoms with Crippen LogP contribution in [0, 0.1) is 5.82 Å². The Labute approximate surface area is 127 Å². The largest absolute Gasteiger partial charge is 0.343 e. The van der Waals surface area contributed by atoms with Crippen LogP contribution in [0.25, 0.3) is 10.9 Å². The molecular weight excluding hydrogens is 373 g/mol. The van der Waals surface area contributed by atoms with E-state index >= 15 is 0 Å². The van der Waals surface area contributed by atoms with Gasteiger partial charge in [-0.1, -0.05) is 34.1 Å². The van der Waals surface area contributed by atoms with Crippen LogP contribution in [0.5, 0.6) is 0 Å². The average Bonchev–Trinajstić information content (AvgIpc) is 2.80. The van der Waals surface area contributed by atoms with Crippen molar-refractivity contribution < 1.29 is 4.39 Å². The van der Waals surface area contributed by atoms with Gasteiger partial charge in [-0.05, 0) is 45.8 Å². The lowest BCUT2D eigenvalue weighted by atomic mass is 10.2. The van der Waals surface area contributed by atoms with Gasteiger partial charge in [0.2, 0.25) is 0 Å². The highest BCUT2D eigenvalue weighted by Gasteiger charge is 2.08. The van der Waals surface area contributed by atoms with Crippen molar-refractivity contribution in [3.63, 3.8) is 0 Å². The molecule has 1 nitrogen and oxygen atoms in total. The minimum atomic E-state index is -0.227. The Kier molecular flexibility index (Phi) is 3.46. The zero-order valence-corrected chi connectivity index (χ0v) is 13.1. The van der Waals surface area contributed by atoms with Crippen LogP contribution in [0.1, 0.15) is 5.56 Å². The number of fused-ring (bicyclic) bond motifs is 1. The summed E-state index contributed by atoms with van der Waals surface area (Å²) in [6.45, 7) is 0.637. The third kappa shape index (κ3) is 2.35. The number of aromatic nitrogens is 1. The SMILES string of the molecule is Fc1cccc(Cn2ccc3c(Br)cccc32)c1Br. The lowest BCUT2D eigenvalue weighted by Crippen LogP contribution is -1.99. The highest BCUT2D eigenvalue weighted by atomic mass is 79.9. The average molecular weight is 383 g/mol. The number of nitrogens with zero attached hydrogens (tertiary/aromatic N) is 1. The van der Waals surface area contributed by atoms with Gasteiger partial charge in [0.25, 0.3) is 0 Å². The fourth-order valence-electron chi connectivity index (χ4n) is 2.18. The molecule has 1 heterocycles. The third-order valence-corrected chi connectivity index (χ3v) is 4.71. The molecule has 0 aliphatic heterocycles. The van der Waals surface area contributed by atoms with Crippen LogP contribution >= 0.6 is 31.9 Å². The van der Waals surface area contributed by atoms with Crippen molar-refractivity contribution in [3.05, 3.63) is 69.0 Å². The Bertz CT molecular complexity index is 749. The van der Waals surface area contributed by atoms with E-state index in [-0.39, 0.29) is 5.82 Å². The van der Waals surface area contributed by atoms with Gasteiger partial charge in [0.05, 0.1) is 4.47 Å². The van der Waals surface area contributed by atoms with Crippen molar-refractivity contribution >= 4 is 42.8 Å². The Morgan fingerprint density at radius 3 is 2.63 bits per heavy atom. The molecule has 0 saturated carbocycles. The second kappa shape index (κ2) is 5.10. The number of halogens is 3. The minimum Gasteiger partial charge on any atom is -0.343 e. The molecule has 0 amide bonds. The van der Waals surface area contributed by atoms with E-state index in [2.05, 4.69) is 48.6 Å². The molecular formula is C15H10Br2FN. The molecule has 0 spiro atoms. The first-order chi connectivity index (χ1) is 9.16. The topological polar surface area (TPSA) is 4.93 Å². The zero-order valence-electron chi connectivity index (χ0n) is 9.91. The van der Waals surface area contributed by atoms with Gasteiger partial charge >= 0.3 is 0 Å². The Hall–Kier alpha value is -1.13. The standard InChI is InChI=1S/C15H10Br2FN/c16-12-4-2-6-14-11(12)7-8-19(14)9-10-3-1-5-13(18)15(10)17/h1-8H,9H2. The second-order valence-electron chi connectivity index (χ2n) is 4.33. The number of rotatable bonds is 2. The molecule has 0 unspecified atom stereocenters. The molecule has 96 valence electrons. The third-order valence-electron chi connectivity index (χ3n) is 3.13. The lowest BCUT2D eigenvalue weighted by Gasteiger charge is -2.08. The van der Waals surface area contributed by atoms with E-state index in [0.717, 1.165) is 20.9 Å². The first kappa shape index (κ1) is 12.9. The molecule has 4 heteroatoms. The predicted molar refractivity (Wildman–Crippen MR) is 82.8 cm³/mol. The summed E-state index contributed by atoms with van der Waals surface area (Å²) in [6.07, 6.45) is 2.02. The van der Waals surface area contributed by atoms with Gasteiger partial charge in [-0.2, -0.15) is 0 Å². The summed E-state index contributed by atoms with van der Waals surface area (Å²) >= 11 is 6.85. The van der Waals surface area contributed by atoms with Crippen LogP contribution in [-0.2, 0) is 6.54 Å². The maximum Gasteiger partial charge on any atom is 0.137 e. The first-order valence-electron chi connectivity index (χ1n) is 5.83. The summed E-state index contributed by atoms with van der Waals surface area (Å²) in [7, 11) is 0. The highest BCUT2D eigenvalue weighted by molar-refractivity contribution is 9.11. The van der Waals surface area contributed by atoms with Crippen molar-refractivity contribution in [1.29, 1.82) is 0 Å². The van der Waals surface area contributed by atoms with Crippen molar-refractivity contribution in [1.82, 2.24) is 4.57 Å². The van der Waals surface area contributed by atoms with E-state index in [4.69, 9.17) is 0 Å². The Morgan fingerprint density at radius 1 is 1.00 bits per heavy atom. The van der Waals surface area contributed by atoms with E-state index in [1.165, 1.54) is 6.07 Å². The lowest BCUT2D eigenvalue weighted by molar-refractivity contribution is 0.616. The summed E-state index contributed by atoms with van der Waals surface area (Å²) in [6, 6.07) is 13.3. The summed E-state index contributed by atoms with van der Waals surface area (Å²) in [5, 5.41) is 1.16. The molecule has 19 heavy (non-hydrogen) atoms. The summed E-state index contributed by atoms with van der Waals surface area (Å²) < 4.78 is 17.2. The highest BCUT2D eigenvalue weighted by Crippen LogP contribution is 2.27. The van der Waals surface area contributed by atoms with Gasteiger partial charge in [-0.3, -0.25) is 0 Å². The maximum absolute atomic E-state index is 13.5.